The van der Waals surface area contributed by atoms with Crippen LogP contribution in [0.15, 0.2) is 158 Å². The van der Waals surface area contributed by atoms with Crippen LogP contribution in [0.2, 0.25) is 0 Å². The van der Waals surface area contributed by atoms with E-state index in [-0.39, 0.29) is 0 Å². The maximum atomic E-state index is 5.32. The van der Waals surface area contributed by atoms with Crippen molar-refractivity contribution in [2.45, 2.75) is 0 Å². The number of aromatic nitrogens is 2. The monoisotopic (exact) mass is 716 g/mol. The summed E-state index contributed by atoms with van der Waals surface area (Å²) in [6.45, 7) is 0. The summed E-state index contributed by atoms with van der Waals surface area (Å²) in [6, 6.07) is 55.8. The third kappa shape index (κ3) is 6.00. The Kier molecular flexibility index (Phi) is 8.16. The molecule has 2 aliphatic heterocycles. The van der Waals surface area contributed by atoms with Crippen molar-refractivity contribution in [3.63, 3.8) is 0 Å². The van der Waals surface area contributed by atoms with Crippen LogP contribution >= 0.6 is 0 Å². The van der Waals surface area contributed by atoms with Gasteiger partial charge in [-0.05, 0) is 0 Å². The van der Waals surface area contributed by atoms with Crippen molar-refractivity contribution < 1.29 is 0 Å². The van der Waals surface area contributed by atoms with Gasteiger partial charge in [-0.1, -0.05) is 0 Å². The van der Waals surface area contributed by atoms with E-state index in [0.29, 0.717) is 0 Å². The molecular formula is C44H30N2Te. The Morgan fingerprint density at radius 2 is 0.617 bits per heavy atom. The number of hydrogen-bond donors (Lipinski definition) is 0. The number of benzene rings is 4. The van der Waals surface area contributed by atoms with Gasteiger partial charge in [-0.2, -0.15) is 0 Å². The van der Waals surface area contributed by atoms with Crippen molar-refractivity contribution in [3.05, 3.63) is 181 Å². The van der Waals surface area contributed by atoms with Gasteiger partial charge in [0.15, 0.2) is 0 Å². The standard InChI is InChI=1S/C44H30N2Te/c1-5-15-31(16-6-1)35-23-13-14-24-36(32-17-7-2-8-18-32)38-26-28-40(46-38)44(34-21-11-4-12-22-34)42-30-29-41(47-42)43(33-19-9-3-10-20-33)39-27-25-37(35)45-39/h1-30H. The maximum absolute atomic E-state index is 5.32. The third-order valence-electron chi connectivity index (χ3n) is 8.37. The number of fused-ring (bicyclic) bond motifs is 6. The molecule has 0 N–H and O–H groups in total. The molecule has 0 radical (unpaired) electrons. The van der Waals surface area contributed by atoms with Crippen molar-refractivity contribution in [2.75, 3.05) is 0 Å². The summed E-state index contributed by atoms with van der Waals surface area (Å²) in [4.78, 5) is 10.6. The molecule has 0 amide bonds. The molecule has 3 heteroatoms. The van der Waals surface area contributed by atoms with Gasteiger partial charge < -0.3 is 0 Å². The van der Waals surface area contributed by atoms with Crippen LogP contribution in [0.25, 0.3) is 75.6 Å². The first kappa shape index (κ1) is 29.1. The van der Waals surface area contributed by atoms with Gasteiger partial charge in [0.2, 0.25) is 0 Å². The summed E-state index contributed by atoms with van der Waals surface area (Å²) in [6.07, 6.45) is 8.71. The molecular weight excluding hydrogens is 684 g/mol. The van der Waals surface area contributed by atoms with Gasteiger partial charge >= 0.3 is 287 Å². The van der Waals surface area contributed by atoms with Crippen molar-refractivity contribution in [1.29, 1.82) is 0 Å². The first-order valence-electron chi connectivity index (χ1n) is 15.8. The Hall–Kier alpha value is -5.33. The average Bonchev–Trinajstić information content (AvgIpc) is 3.92. The zero-order valence-electron chi connectivity index (χ0n) is 25.6. The second kappa shape index (κ2) is 13.2. The minimum atomic E-state index is -0.785. The molecule has 0 aliphatic carbocycles. The number of rotatable bonds is 4. The van der Waals surface area contributed by atoms with E-state index in [1.807, 2.05) is 0 Å². The second-order valence-corrected chi connectivity index (χ2v) is 14.4. The summed E-state index contributed by atoms with van der Waals surface area (Å²) in [5.41, 5.74) is 13.2. The summed E-state index contributed by atoms with van der Waals surface area (Å²) in [7, 11) is 0. The van der Waals surface area contributed by atoms with E-state index in [1.54, 1.807) is 0 Å². The van der Waals surface area contributed by atoms with E-state index in [1.165, 1.54) is 29.1 Å². The quantitative estimate of drug-likeness (QED) is 0.170. The van der Waals surface area contributed by atoms with Gasteiger partial charge in [0.1, 0.15) is 0 Å². The first-order chi connectivity index (χ1) is 23.3. The zero-order valence-corrected chi connectivity index (χ0v) is 28.0. The molecule has 4 heterocycles. The van der Waals surface area contributed by atoms with Crippen LogP contribution in [0.4, 0.5) is 0 Å². The predicted molar refractivity (Wildman–Crippen MR) is 200 cm³/mol. The Morgan fingerprint density at radius 1 is 0.298 bits per heavy atom. The molecule has 0 spiro atoms. The first-order valence-corrected chi connectivity index (χ1v) is 18.1. The van der Waals surface area contributed by atoms with Crippen LogP contribution in [0.1, 0.15) is 22.8 Å². The van der Waals surface area contributed by atoms with E-state index in [4.69, 9.17) is 9.97 Å². The molecule has 0 atom stereocenters. The molecule has 2 aromatic heterocycles. The van der Waals surface area contributed by atoms with Crippen molar-refractivity contribution in [2.24, 2.45) is 0 Å². The van der Waals surface area contributed by atoms with Crippen molar-refractivity contribution in [1.82, 2.24) is 9.97 Å². The second-order valence-electron chi connectivity index (χ2n) is 11.4. The number of nitrogens with zero attached hydrogens (tertiary/aromatic N) is 2. The van der Waals surface area contributed by atoms with Gasteiger partial charge in [-0.15, -0.1) is 0 Å². The topological polar surface area (TPSA) is 25.8 Å². The molecule has 222 valence electrons. The van der Waals surface area contributed by atoms with Crippen LogP contribution in [-0.2, 0) is 0 Å². The molecule has 6 bridgehead atoms. The summed E-state index contributed by atoms with van der Waals surface area (Å²) in [5, 5.41) is 0. The molecule has 47 heavy (non-hydrogen) atoms. The van der Waals surface area contributed by atoms with E-state index < -0.39 is 20.4 Å². The molecule has 8 rings (SSSR count). The van der Waals surface area contributed by atoms with Crippen molar-refractivity contribution >= 4 is 51.5 Å². The van der Waals surface area contributed by atoms with E-state index >= 15 is 0 Å². The molecule has 0 unspecified atom stereocenters. The molecule has 2 aliphatic rings. The molecule has 0 saturated carbocycles. The van der Waals surface area contributed by atoms with Gasteiger partial charge in [-0.25, -0.2) is 0 Å². The van der Waals surface area contributed by atoms with Gasteiger partial charge in [0.25, 0.3) is 0 Å². The molecule has 0 fully saturated rings. The molecule has 2 nitrogen and oxygen atoms in total. The fraction of sp³-hybridized carbons (Fsp3) is 0. The minimum absolute atomic E-state index is 0.785. The Morgan fingerprint density at radius 3 is 1.00 bits per heavy atom. The third-order valence-corrected chi connectivity index (χ3v) is 11.6. The SMILES string of the molecule is C1=Cc2nc1c(-c1ccccc1)ccccc(-c1ccccc1)c1nc(c(-c3ccccc3)c3ccc([te]3)c2-c2ccccc2)C=C1. The average molecular weight is 714 g/mol. The van der Waals surface area contributed by atoms with E-state index in [9.17, 15) is 0 Å². The van der Waals surface area contributed by atoms with Gasteiger partial charge in [0.05, 0.1) is 0 Å². The molecule has 0 saturated heterocycles. The zero-order chi connectivity index (χ0) is 31.4. The van der Waals surface area contributed by atoms with Crippen LogP contribution in [0.5, 0.6) is 0 Å². The van der Waals surface area contributed by atoms with Crippen LogP contribution < -0.4 is 0 Å². The fourth-order valence-corrected chi connectivity index (χ4v) is 9.45. The number of hydrogen-bond acceptors (Lipinski definition) is 2. The summed E-state index contributed by atoms with van der Waals surface area (Å²) in [5.74, 6) is 0. The normalized spacial score (nSPS) is 11.7. The van der Waals surface area contributed by atoms with Crippen LogP contribution in [0, 0.1) is 0 Å². The summed E-state index contributed by atoms with van der Waals surface area (Å²) >= 11 is -0.785. The molecule has 4 aromatic carbocycles. The Labute approximate surface area is 285 Å². The Balaban J connectivity index is 1.52. The van der Waals surface area contributed by atoms with E-state index in [2.05, 4.69) is 182 Å². The predicted octanol–water partition coefficient (Wildman–Crippen LogP) is 11.1. The van der Waals surface area contributed by atoms with Crippen LogP contribution in [-0.4, -0.2) is 30.4 Å². The molecule has 6 aromatic rings. The van der Waals surface area contributed by atoms with Gasteiger partial charge in [0, 0.05) is 0 Å². The fourth-order valence-electron chi connectivity index (χ4n) is 6.15. The van der Waals surface area contributed by atoms with Gasteiger partial charge in [-0.3, -0.25) is 0 Å². The summed E-state index contributed by atoms with van der Waals surface area (Å²) < 4.78 is 2.75. The van der Waals surface area contributed by atoms with E-state index in [0.717, 1.165) is 45.0 Å². The van der Waals surface area contributed by atoms with Crippen molar-refractivity contribution in [3.8, 4) is 44.5 Å². The van der Waals surface area contributed by atoms with Crippen LogP contribution in [0.3, 0.4) is 0 Å². The Bertz CT molecular complexity index is 2160.